The summed E-state index contributed by atoms with van der Waals surface area (Å²) in [5, 5.41) is 0. The van der Waals surface area contributed by atoms with Gasteiger partial charge in [-0.05, 0) is 23.3 Å². The third-order valence-corrected chi connectivity index (χ3v) is 4.19. The first-order valence-electron chi connectivity index (χ1n) is 5.19. The van der Waals surface area contributed by atoms with Gasteiger partial charge in [0.15, 0.2) is 0 Å². The molecule has 2 heteroatoms. The SMILES string of the molecule is CC(c1ccccc1Br)c1ccccc1Br. The summed E-state index contributed by atoms with van der Waals surface area (Å²) in [7, 11) is 0. The lowest BCUT2D eigenvalue weighted by Gasteiger charge is -2.15. The minimum Gasteiger partial charge on any atom is -0.0619 e. The van der Waals surface area contributed by atoms with Crippen LogP contribution in [0.2, 0.25) is 0 Å². The molecule has 0 fully saturated rings. The maximum absolute atomic E-state index is 3.60. The Hall–Kier alpha value is -0.600. The fourth-order valence-corrected chi connectivity index (χ4v) is 3.08. The molecule has 0 bridgehead atoms. The Kier molecular flexibility index (Phi) is 3.82. The summed E-state index contributed by atoms with van der Waals surface area (Å²) < 4.78 is 2.33. The second-order valence-electron chi connectivity index (χ2n) is 3.76. The molecule has 0 spiro atoms. The van der Waals surface area contributed by atoms with E-state index in [4.69, 9.17) is 0 Å². The van der Waals surface area contributed by atoms with Gasteiger partial charge in [0, 0.05) is 14.9 Å². The summed E-state index contributed by atoms with van der Waals surface area (Å²) in [6, 6.07) is 16.7. The van der Waals surface area contributed by atoms with Crippen molar-refractivity contribution in [3.8, 4) is 0 Å². The van der Waals surface area contributed by atoms with E-state index in [-0.39, 0.29) is 0 Å². The fraction of sp³-hybridized carbons (Fsp3) is 0.143. The van der Waals surface area contributed by atoms with E-state index < -0.39 is 0 Å². The van der Waals surface area contributed by atoms with E-state index >= 15 is 0 Å². The summed E-state index contributed by atoms with van der Waals surface area (Å²) >= 11 is 7.21. The Balaban J connectivity index is 2.44. The Morgan fingerprint density at radius 3 is 1.50 bits per heavy atom. The summed E-state index contributed by atoms with van der Waals surface area (Å²) in [5.74, 6) is 0.381. The number of rotatable bonds is 2. The Morgan fingerprint density at radius 2 is 1.12 bits per heavy atom. The molecule has 2 rings (SSSR count). The topological polar surface area (TPSA) is 0 Å². The lowest BCUT2D eigenvalue weighted by Crippen LogP contribution is -1.97. The largest absolute Gasteiger partial charge is 0.0619 e. The first-order chi connectivity index (χ1) is 7.70. The van der Waals surface area contributed by atoms with Gasteiger partial charge in [-0.2, -0.15) is 0 Å². The van der Waals surface area contributed by atoms with Crippen molar-refractivity contribution < 1.29 is 0 Å². The predicted octanol–water partition coefficient (Wildman–Crippen LogP) is 5.36. The van der Waals surface area contributed by atoms with Crippen molar-refractivity contribution in [3.05, 3.63) is 68.6 Å². The van der Waals surface area contributed by atoms with Crippen LogP contribution in [0.3, 0.4) is 0 Å². The molecule has 2 aromatic rings. The highest BCUT2D eigenvalue weighted by Crippen LogP contribution is 2.33. The monoisotopic (exact) mass is 338 g/mol. The van der Waals surface area contributed by atoms with E-state index in [1.54, 1.807) is 0 Å². The molecular weight excluding hydrogens is 328 g/mol. The van der Waals surface area contributed by atoms with E-state index in [1.807, 2.05) is 12.1 Å². The molecule has 16 heavy (non-hydrogen) atoms. The maximum atomic E-state index is 3.60. The molecule has 0 aliphatic heterocycles. The number of hydrogen-bond acceptors (Lipinski definition) is 0. The summed E-state index contributed by atoms with van der Waals surface area (Å²) in [6.45, 7) is 2.22. The summed E-state index contributed by atoms with van der Waals surface area (Å²) in [5.41, 5.74) is 2.63. The number of halogens is 2. The van der Waals surface area contributed by atoms with Gasteiger partial charge >= 0.3 is 0 Å². The van der Waals surface area contributed by atoms with Gasteiger partial charge in [-0.15, -0.1) is 0 Å². The highest BCUT2D eigenvalue weighted by atomic mass is 79.9. The van der Waals surface area contributed by atoms with Gasteiger partial charge in [-0.25, -0.2) is 0 Å². The zero-order valence-electron chi connectivity index (χ0n) is 8.95. The van der Waals surface area contributed by atoms with Crippen LogP contribution in [-0.4, -0.2) is 0 Å². The highest BCUT2D eigenvalue weighted by Gasteiger charge is 2.13. The van der Waals surface area contributed by atoms with Crippen LogP contribution in [0.15, 0.2) is 57.5 Å². The van der Waals surface area contributed by atoms with Gasteiger partial charge in [0.25, 0.3) is 0 Å². The average Bonchev–Trinajstić information content (AvgIpc) is 2.29. The first kappa shape index (κ1) is 11.9. The standard InChI is InChI=1S/C14H12Br2/c1-10(11-6-2-4-8-13(11)15)12-7-3-5-9-14(12)16/h2-10H,1H3. The molecule has 0 saturated carbocycles. The molecule has 0 radical (unpaired) electrons. The van der Waals surface area contributed by atoms with Gasteiger partial charge in [0.1, 0.15) is 0 Å². The zero-order chi connectivity index (χ0) is 11.5. The van der Waals surface area contributed by atoms with Crippen LogP contribution in [0.1, 0.15) is 24.0 Å². The van der Waals surface area contributed by atoms with E-state index in [0.29, 0.717) is 5.92 Å². The molecule has 0 aromatic heterocycles. The molecule has 0 heterocycles. The third-order valence-electron chi connectivity index (χ3n) is 2.74. The van der Waals surface area contributed by atoms with Crippen molar-refractivity contribution >= 4 is 31.9 Å². The fourth-order valence-electron chi connectivity index (χ4n) is 1.82. The molecule has 0 aliphatic rings. The van der Waals surface area contributed by atoms with Crippen molar-refractivity contribution in [1.29, 1.82) is 0 Å². The molecule has 0 amide bonds. The maximum Gasteiger partial charge on any atom is 0.0213 e. The highest BCUT2D eigenvalue weighted by molar-refractivity contribution is 9.10. The van der Waals surface area contributed by atoms with E-state index in [2.05, 4.69) is 75.2 Å². The second-order valence-corrected chi connectivity index (χ2v) is 5.47. The van der Waals surface area contributed by atoms with Crippen molar-refractivity contribution in [2.45, 2.75) is 12.8 Å². The molecule has 0 aliphatic carbocycles. The van der Waals surface area contributed by atoms with E-state index in [0.717, 1.165) is 0 Å². The van der Waals surface area contributed by atoms with Gasteiger partial charge in [0.05, 0.1) is 0 Å². The van der Waals surface area contributed by atoms with Crippen LogP contribution in [-0.2, 0) is 0 Å². The molecule has 0 nitrogen and oxygen atoms in total. The molecule has 0 saturated heterocycles. The van der Waals surface area contributed by atoms with Crippen molar-refractivity contribution in [2.75, 3.05) is 0 Å². The first-order valence-corrected chi connectivity index (χ1v) is 6.77. The Morgan fingerprint density at radius 1 is 0.750 bits per heavy atom. The zero-order valence-corrected chi connectivity index (χ0v) is 12.1. The smallest absolute Gasteiger partial charge is 0.0213 e. The van der Waals surface area contributed by atoms with Crippen LogP contribution >= 0.6 is 31.9 Å². The van der Waals surface area contributed by atoms with Crippen LogP contribution < -0.4 is 0 Å². The van der Waals surface area contributed by atoms with Crippen LogP contribution in [0.5, 0.6) is 0 Å². The minimum atomic E-state index is 0.381. The predicted molar refractivity (Wildman–Crippen MR) is 75.8 cm³/mol. The van der Waals surface area contributed by atoms with Crippen molar-refractivity contribution in [1.82, 2.24) is 0 Å². The van der Waals surface area contributed by atoms with Gasteiger partial charge in [-0.3, -0.25) is 0 Å². The van der Waals surface area contributed by atoms with Gasteiger partial charge in [0.2, 0.25) is 0 Å². The normalized spacial score (nSPS) is 10.8. The third kappa shape index (κ3) is 2.38. The molecule has 2 aromatic carbocycles. The van der Waals surface area contributed by atoms with Crippen LogP contribution in [0.4, 0.5) is 0 Å². The summed E-state index contributed by atoms with van der Waals surface area (Å²) in [4.78, 5) is 0. The van der Waals surface area contributed by atoms with Crippen molar-refractivity contribution in [2.24, 2.45) is 0 Å². The van der Waals surface area contributed by atoms with Gasteiger partial charge < -0.3 is 0 Å². The quantitative estimate of drug-likeness (QED) is 0.690. The number of benzene rings is 2. The Labute approximate surface area is 113 Å². The molecule has 0 N–H and O–H groups in total. The van der Waals surface area contributed by atoms with Crippen LogP contribution in [0, 0.1) is 0 Å². The lowest BCUT2D eigenvalue weighted by molar-refractivity contribution is 0.909. The molecule has 0 unspecified atom stereocenters. The van der Waals surface area contributed by atoms with Crippen LogP contribution in [0.25, 0.3) is 0 Å². The minimum absolute atomic E-state index is 0.381. The van der Waals surface area contributed by atoms with E-state index in [1.165, 1.54) is 20.1 Å². The molecular formula is C14H12Br2. The lowest BCUT2D eigenvalue weighted by atomic mass is 9.93. The molecule has 82 valence electrons. The summed E-state index contributed by atoms with van der Waals surface area (Å²) in [6.07, 6.45) is 0. The number of hydrogen-bond donors (Lipinski definition) is 0. The average molecular weight is 340 g/mol. The van der Waals surface area contributed by atoms with E-state index in [9.17, 15) is 0 Å². The van der Waals surface area contributed by atoms with Gasteiger partial charge in [-0.1, -0.05) is 75.2 Å². The molecule has 0 atom stereocenters. The second kappa shape index (κ2) is 5.15. The Bertz CT molecular complexity index is 446. The van der Waals surface area contributed by atoms with Crippen molar-refractivity contribution in [3.63, 3.8) is 0 Å².